The molecule has 0 atom stereocenters. The van der Waals surface area contributed by atoms with Crippen molar-refractivity contribution in [2.45, 2.75) is 19.8 Å². The topological polar surface area (TPSA) is 33.7 Å². The summed E-state index contributed by atoms with van der Waals surface area (Å²) in [6.45, 7) is 4.17. The van der Waals surface area contributed by atoms with Crippen LogP contribution >= 0.6 is 0 Å². The molecule has 0 aliphatic rings. The Bertz CT molecular complexity index is 394. The average molecular weight is 266 g/mol. The van der Waals surface area contributed by atoms with E-state index in [1.807, 2.05) is 19.2 Å². The molecule has 0 aliphatic carbocycles. The molecular formula is C15H26N2O2. The maximum Gasteiger partial charge on any atom is 0.146 e. The molecule has 1 N–H and O–H groups in total. The van der Waals surface area contributed by atoms with Crippen molar-refractivity contribution in [1.29, 1.82) is 0 Å². The molecule has 0 saturated heterocycles. The van der Waals surface area contributed by atoms with Gasteiger partial charge < -0.3 is 19.7 Å². The number of anilines is 1. The summed E-state index contributed by atoms with van der Waals surface area (Å²) in [6, 6.07) is 3.98. The van der Waals surface area contributed by atoms with Crippen LogP contribution in [0.2, 0.25) is 0 Å². The zero-order chi connectivity index (χ0) is 14.3. The molecule has 0 radical (unpaired) electrons. The highest BCUT2D eigenvalue weighted by Crippen LogP contribution is 2.35. The molecule has 0 bridgehead atoms. The van der Waals surface area contributed by atoms with Crippen molar-refractivity contribution in [3.05, 3.63) is 17.7 Å². The van der Waals surface area contributed by atoms with Gasteiger partial charge in [0.2, 0.25) is 0 Å². The van der Waals surface area contributed by atoms with Gasteiger partial charge in [-0.3, -0.25) is 0 Å². The predicted molar refractivity (Wildman–Crippen MR) is 80.7 cm³/mol. The Labute approximate surface area is 116 Å². The molecule has 1 aromatic rings. The molecule has 4 heteroatoms. The van der Waals surface area contributed by atoms with Crippen LogP contribution in [-0.4, -0.2) is 41.4 Å². The fraction of sp³-hybridized carbons (Fsp3) is 0.600. The molecule has 1 aromatic carbocycles. The van der Waals surface area contributed by atoms with E-state index >= 15 is 0 Å². The molecule has 4 nitrogen and oxygen atoms in total. The van der Waals surface area contributed by atoms with Crippen LogP contribution in [0.3, 0.4) is 0 Å². The Hall–Kier alpha value is -1.42. The molecule has 0 fully saturated rings. The zero-order valence-corrected chi connectivity index (χ0v) is 12.7. The lowest BCUT2D eigenvalue weighted by Gasteiger charge is -2.24. The summed E-state index contributed by atoms with van der Waals surface area (Å²) in [6.07, 6.45) is 2.34. The SMILES string of the molecule is CNCCCCN(C)c1c(C)cc(OC)cc1OC. The molecule has 0 unspecified atom stereocenters. The van der Waals surface area contributed by atoms with Crippen molar-refractivity contribution < 1.29 is 9.47 Å². The Balaban J connectivity index is 2.80. The van der Waals surface area contributed by atoms with Crippen LogP contribution < -0.4 is 19.7 Å². The first kappa shape index (κ1) is 15.6. The van der Waals surface area contributed by atoms with Crippen LogP contribution in [0.4, 0.5) is 5.69 Å². The van der Waals surface area contributed by atoms with Crippen molar-refractivity contribution in [1.82, 2.24) is 5.32 Å². The summed E-state index contributed by atoms with van der Waals surface area (Å²) in [5.41, 5.74) is 2.32. The third-order valence-electron chi connectivity index (χ3n) is 3.25. The van der Waals surface area contributed by atoms with Gasteiger partial charge in [-0.25, -0.2) is 0 Å². The predicted octanol–water partition coefficient (Wildman–Crippen LogP) is 2.45. The number of methoxy groups -OCH3 is 2. The van der Waals surface area contributed by atoms with Crippen LogP contribution in [-0.2, 0) is 0 Å². The molecule has 108 valence electrons. The van der Waals surface area contributed by atoms with Gasteiger partial charge in [0.05, 0.1) is 19.9 Å². The molecule has 0 aliphatic heterocycles. The third kappa shape index (κ3) is 4.31. The van der Waals surface area contributed by atoms with E-state index in [0.717, 1.165) is 36.7 Å². The number of hydrogen-bond acceptors (Lipinski definition) is 4. The van der Waals surface area contributed by atoms with Crippen molar-refractivity contribution in [2.75, 3.05) is 46.3 Å². The number of hydrogen-bond donors (Lipinski definition) is 1. The normalized spacial score (nSPS) is 10.4. The highest BCUT2D eigenvalue weighted by atomic mass is 16.5. The van der Waals surface area contributed by atoms with E-state index in [-0.39, 0.29) is 0 Å². The summed E-state index contributed by atoms with van der Waals surface area (Å²) in [5, 5.41) is 3.17. The smallest absolute Gasteiger partial charge is 0.146 e. The van der Waals surface area contributed by atoms with Crippen molar-refractivity contribution in [3.63, 3.8) is 0 Å². The number of nitrogens with one attached hydrogen (secondary N) is 1. The fourth-order valence-electron chi connectivity index (χ4n) is 2.24. The van der Waals surface area contributed by atoms with E-state index in [1.54, 1.807) is 14.2 Å². The monoisotopic (exact) mass is 266 g/mol. The second-order valence-electron chi connectivity index (χ2n) is 4.73. The van der Waals surface area contributed by atoms with Crippen LogP contribution in [0.1, 0.15) is 18.4 Å². The van der Waals surface area contributed by atoms with Gasteiger partial charge in [0.15, 0.2) is 0 Å². The summed E-state index contributed by atoms with van der Waals surface area (Å²) < 4.78 is 10.8. The minimum atomic E-state index is 0.835. The number of nitrogens with zero attached hydrogens (tertiary/aromatic N) is 1. The maximum atomic E-state index is 5.48. The summed E-state index contributed by atoms with van der Waals surface area (Å²) >= 11 is 0. The minimum Gasteiger partial charge on any atom is -0.497 e. The van der Waals surface area contributed by atoms with Gasteiger partial charge in [-0.2, -0.15) is 0 Å². The average Bonchev–Trinajstić information content (AvgIpc) is 2.42. The summed E-state index contributed by atoms with van der Waals surface area (Å²) in [4.78, 5) is 2.25. The van der Waals surface area contributed by atoms with Gasteiger partial charge in [0, 0.05) is 19.7 Å². The van der Waals surface area contributed by atoms with Crippen molar-refractivity contribution in [3.8, 4) is 11.5 Å². The first-order valence-electron chi connectivity index (χ1n) is 6.72. The standard InChI is InChI=1S/C15H26N2O2/c1-12-10-13(18-4)11-14(19-5)15(12)17(3)9-7-6-8-16-2/h10-11,16H,6-9H2,1-5H3. The lowest BCUT2D eigenvalue weighted by Crippen LogP contribution is -2.21. The van der Waals surface area contributed by atoms with E-state index in [1.165, 1.54) is 12.0 Å². The van der Waals surface area contributed by atoms with E-state index in [0.29, 0.717) is 0 Å². The Morgan fingerprint density at radius 1 is 1.16 bits per heavy atom. The Morgan fingerprint density at radius 3 is 2.47 bits per heavy atom. The number of rotatable bonds is 8. The van der Waals surface area contributed by atoms with E-state index < -0.39 is 0 Å². The van der Waals surface area contributed by atoms with Gasteiger partial charge in [0.1, 0.15) is 11.5 Å². The number of unbranched alkanes of at least 4 members (excludes halogenated alkanes) is 1. The van der Waals surface area contributed by atoms with Crippen LogP contribution in [0, 0.1) is 6.92 Å². The third-order valence-corrected chi connectivity index (χ3v) is 3.25. The highest BCUT2D eigenvalue weighted by molar-refractivity contribution is 5.65. The van der Waals surface area contributed by atoms with Crippen molar-refractivity contribution >= 4 is 5.69 Å². The van der Waals surface area contributed by atoms with Gasteiger partial charge >= 0.3 is 0 Å². The fourth-order valence-corrected chi connectivity index (χ4v) is 2.24. The Morgan fingerprint density at radius 2 is 1.89 bits per heavy atom. The molecule has 0 heterocycles. The maximum absolute atomic E-state index is 5.48. The van der Waals surface area contributed by atoms with Gasteiger partial charge in [-0.1, -0.05) is 0 Å². The van der Waals surface area contributed by atoms with Gasteiger partial charge in [0.25, 0.3) is 0 Å². The first-order valence-corrected chi connectivity index (χ1v) is 6.72. The van der Waals surface area contributed by atoms with Crippen molar-refractivity contribution in [2.24, 2.45) is 0 Å². The quantitative estimate of drug-likeness (QED) is 0.733. The summed E-state index contributed by atoms with van der Waals surface area (Å²) in [5.74, 6) is 1.70. The second-order valence-corrected chi connectivity index (χ2v) is 4.73. The van der Waals surface area contributed by atoms with Crippen LogP contribution in [0.15, 0.2) is 12.1 Å². The molecule has 0 saturated carbocycles. The Kier molecular flexibility index (Phi) is 6.50. The zero-order valence-electron chi connectivity index (χ0n) is 12.7. The van der Waals surface area contributed by atoms with E-state index in [9.17, 15) is 0 Å². The largest absolute Gasteiger partial charge is 0.497 e. The minimum absolute atomic E-state index is 0.835. The molecule has 0 spiro atoms. The number of benzene rings is 1. The van der Waals surface area contributed by atoms with E-state index in [4.69, 9.17) is 9.47 Å². The molecule has 0 amide bonds. The molecular weight excluding hydrogens is 240 g/mol. The van der Waals surface area contributed by atoms with Gasteiger partial charge in [-0.15, -0.1) is 0 Å². The molecule has 1 rings (SSSR count). The molecule has 19 heavy (non-hydrogen) atoms. The number of aryl methyl sites for hydroxylation is 1. The number of ether oxygens (including phenoxy) is 2. The van der Waals surface area contributed by atoms with E-state index in [2.05, 4.69) is 24.2 Å². The highest BCUT2D eigenvalue weighted by Gasteiger charge is 2.13. The lowest BCUT2D eigenvalue weighted by molar-refractivity contribution is 0.394. The first-order chi connectivity index (χ1) is 9.13. The lowest BCUT2D eigenvalue weighted by atomic mass is 10.1. The van der Waals surface area contributed by atoms with Gasteiger partial charge in [-0.05, 0) is 45.0 Å². The molecule has 0 aromatic heterocycles. The van der Waals surface area contributed by atoms with Crippen LogP contribution in [0.25, 0.3) is 0 Å². The second kappa shape index (κ2) is 7.89. The van der Waals surface area contributed by atoms with Crippen LogP contribution in [0.5, 0.6) is 11.5 Å². The summed E-state index contributed by atoms with van der Waals surface area (Å²) in [7, 11) is 7.47.